The van der Waals surface area contributed by atoms with Crippen molar-refractivity contribution in [2.24, 2.45) is 0 Å². The molecule has 3 rings (SSSR count). The Kier molecular flexibility index (Phi) is 2.41. The predicted octanol–water partition coefficient (Wildman–Crippen LogP) is 4.82. The van der Waals surface area contributed by atoms with Crippen molar-refractivity contribution in [3.05, 3.63) is 72.3 Å². The maximum atomic E-state index is 2.28. The van der Waals surface area contributed by atoms with Crippen molar-refractivity contribution in [1.82, 2.24) is 0 Å². The molecule has 0 aliphatic rings. The minimum atomic E-state index is 1.28. The van der Waals surface area contributed by atoms with Gasteiger partial charge >= 0.3 is 0 Å². The van der Waals surface area contributed by atoms with Gasteiger partial charge in [-0.05, 0) is 40.5 Å². The lowest BCUT2D eigenvalue weighted by atomic mass is 9.99. The minimum absolute atomic E-state index is 1.28. The summed E-state index contributed by atoms with van der Waals surface area (Å²) in [7, 11) is 0. The molecule has 0 saturated carbocycles. The van der Waals surface area contributed by atoms with Gasteiger partial charge in [0.25, 0.3) is 0 Å². The number of hydrogen-bond donors (Lipinski definition) is 0. The van der Waals surface area contributed by atoms with Gasteiger partial charge in [-0.1, -0.05) is 60.7 Å². The van der Waals surface area contributed by atoms with Crippen molar-refractivity contribution >= 4 is 10.8 Å². The summed E-state index contributed by atoms with van der Waals surface area (Å²) in [6.07, 6.45) is 0. The first-order valence-corrected chi connectivity index (χ1v) is 5.89. The van der Waals surface area contributed by atoms with Crippen LogP contribution in [-0.4, -0.2) is 0 Å². The van der Waals surface area contributed by atoms with Crippen molar-refractivity contribution in [2.75, 3.05) is 0 Å². The van der Waals surface area contributed by atoms with E-state index in [0.717, 1.165) is 0 Å². The molecule has 0 bridgehead atoms. The molecule has 0 saturated heterocycles. The van der Waals surface area contributed by atoms with E-state index in [4.69, 9.17) is 0 Å². The summed E-state index contributed by atoms with van der Waals surface area (Å²) >= 11 is 0. The Morgan fingerprint density at radius 2 is 1.47 bits per heavy atom. The van der Waals surface area contributed by atoms with Gasteiger partial charge < -0.3 is 0 Å². The summed E-state index contributed by atoms with van der Waals surface area (Å²) in [4.78, 5) is 0. The second-order valence-electron chi connectivity index (χ2n) is 4.38. The van der Waals surface area contributed by atoms with Crippen LogP contribution >= 0.6 is 0 Å². The van der Waals surface area contributed by atoms with Crippen LogP contribution in [0.3, 0.4) is 0 Å². The third-order valence-electron chi connectivity index (χ3n) is 3.21. The highest BCUT2D eigenvalue weighted by Gasteiger charge is 2.00. The SMILES string of the molecule is Cc1cccc2ccc(-c3ccccc3)cc12. The average molecular weight is 218 g/mol. The third kappa shape index (κ3) is 1.83. The number of rotatable bonds is 1. The second kappa shape index (κ2) is 4.06. The molecular weight excluding hydrogens is 204 g/mol. The molecule has 17 heavy (non-hydrogen) atoms. The van der Waals surface area contributed by atoms with Crippen LogP contribution < -0.4 is 0 Å². The van der Waals surface area contributed by atoms with E-state index >= 15 is 0 Å². The Bertz CT molecular complexity index is 651. The second-order valence-corrected chi connectivity index (χ2v) is 4.38. The van der Waals surface area contributed by atoms with Gasteiger partial charge in [-0.15, -0.1) is 0 Å². The fourth-order valence-electron chi connectivity index (χ4n) is 2.24. The van der Waals surface area contributed by atoms with Crippen molar-refractivity contribution in [3.63, 3.8) is 0 Å². The first-order chi connectivity index (χ1) is 8.34. The molecule has 0 fully saturated rings. The lowest BCUT2D eigenvalue weighted by Crippen LogP contribution is -1.81. The summed E-state index contributed by atoms with van der Waals surface area (Å²) in [5.41, 5.74) is 3.89. The van der Waals surface area contributed by atoms with Gasteiger partial charge in [-0.2, -0.15) is 0 Å². The van der Waals surface area contributed by atoms with Crippen LogP contribution in [0.1, 0.15) is 5.56 Å². The Labute approximate surface area is 102 Å². The van der Waals surface area contributed by atoms with Crippen LogP contribution in [-0.2, 0) is 0 Å². The molecule has 82 valence electrons. The van der Waals surface area contributed by atoms with Crippen LogP contribution in [0.25, 0.3) is 21.9 Å². The molecule has 0 heterocycles. The molecule has 0 spiro atoms. The van der Waals surface area contributed by atoms with Gasteiger partial charge in [0, 0.05) is 0 Å². The molecule has 0 aliphatic heterocycles. The lowest BCUT2D eigenvalue weighted by Gasteiger charge is -2.06. The fraction of sp³-hybridized carbons (Fsp3) is 0.0588. The van der Waals surface area contributed by atoms with E-state index in [-0.39, 0.29) is 0 Å². The third-order valence-corrected chi connectivity index (χ3v) is 3.21. The molecule has 0 radical (unpaired) electrons. The van der Waals surface area contributed by atoms with Crippen molar-refractivity contribution < 1.29 is 0 Å². The Morgan fingerprint density at radius 1 is 0.647 bits per heavy atom. The largest absolute Gasteiger partial charge is 0.0622 e. The van der Waals surface area contributed by atoms with E-state index in [2.05, 4.69) is 73.7 Å². The summed E-state index contributed by atoms with van der Waals surface area (Å²) in [6, 6.07) is 23.6. The standard InChI is InChI=1S/C17H14/c1-13-6-5-9-15-10-11-16(12-17(13)15)14-7-3-2-4-8-14/h2-12H,1H3. The monoisotopic (exact) mass is 218 g/mol. The molecule has 0 unspecified atom stereocenters. The topological polar surface area (TPSA) is 0 Å². The van der Waals surface area contributed by atoms with Crippen LogP contribution in [0.4, 0.5) is 0 Å². The molecule has 3 aromatic rings. The van der Waals surface area contributed by atoms with E-state index in [0.29, 0.717) is 0 Å². The molecule has 0 atom stereocenters. The Hall–Kier alpha value is -2.08. The maximum absolute atomic E-state index is 2.28. The van der Waals surface area contributed by atoms with Crippen molar-refractivity contribution in [2.45, 2.75) is 6.92 Å². The first kappa shape index (κ1) is 10.1. The number of hydrogen-bond acceptors (Lipinski definition) is 0. The summed E-state index contributed by atoms with van der Waals surface area (Å²) < 4.78 is 0. The van der Waals surface area contributed by atoms with Gasteiger partial charge in [-0.3, -0.25) is 0 Å². The van der Waals surface area contributed by atoms with Crippen LogP contribution in [0, 0.1) is 6.92 Å². The van der Waals surface area contributed by atoms with Gasteiger partial charge in [0.15, 0.2) is 0 Å². The van der Waals surface area contributed by atoms with E-state index in [1.165, 1.54) is 27.5 Å². The highest BCUT2D eigenvalue weighted by molar-refractivity contribution is 5.89. The smallest absolute Gasteiger partial charge is 0.0149 e. The quantitative estimate of drug-likeness (QED) is 0.549. The van der Waals surface area contributed by atoms with E-state index in [9.17, 15) is 0 Å². The molecule has 0 aromatic heterocycles. The number of fused-ring (bicyclic) bond motifs is 1. The zero-order chi connectivity index (χ0) is 11.7. The number of aryl methyl sites for hydroxylation is 1. The van der Waals surface area contributed by atoms with E-state index in [1.54, 1.807) is 0 Å². The fourth-order valence-corrected chi connectivity index (χ4v) is 2.24. The molecule has 0 aliphatic carbocycles. The molecule has 0 nitrogen and oxygen atoms in total. The molecular formula is C17H14. The van der Waals surface area contributed by atoms with Crippen LogP contribution in [0.15, 0.2) is 66.7 Å². The van der Waals surface area contributed by atoms with Gasteiger partial charge in [0.1, 0.15) is 0 Å². The lowest BCUT2D eigenvalue weighted by molar-refractivity contribution is 1.53. The van der Waals surface area contributed by atoms with E-state index in [1.807, 2.05) is 0 Å². The molecule has 0 heteroatoms. The normalized spacial score (nSPS) is 10.6. The summed E-state index contributed by atoms with van der Waals surface area (Å²) in [6.45, 7) is 2.16. The summed E-state index contributed by atoms with van der Waals surface area (Å²) in [5, 5.41) is 2.65. The highest BCUT2D eigenvalue weighted by atomic mass is 14.0. The highest BCUT2D eigenvalue weighted by Crippen LogP contribution is 2.26. The average Bonchev–Trinajstić information content (AvgIpc) is 2.40. The Morgan fingerprint density at radius 3 is 2.29 bits per heavy atom. The van der Waals surface area contributed by atoms with Crippen molar-refractivity contribution in [3.8, 4) is 11.1 Å². The Balaban J connectivity index is 2.23. The molecule has 0 amide bonds. The summed E-state index contributed by atoms with van der Waals surface area (Å²) in [5.74, 6) is 0. The van der Waals surface area contributed by atoms with Crippen LogP contribution in [0.5, 0.6) is 0 Å². The first-order valence-electron chi connectivity index (χ1n) is 5.89. The van der Waals surface area contributed by atoms with Crippen LogP contribution in [0.2, 0.25) is 0 Å². The maximum Gasteiger partial charge on any atom is -0.0149 e. The van der Waals surface area contributed by atoms with Gasteiger partial charge in [-0.25, -0.2) is 0 Å². The molecule has 3 aromatic carbocycles. The zero-order valence-corrected chi connectivity index (χ0v) is 9.85. The zero-order valence-electron chi connectivity index (χ0n) is 9.85. The van der Waals surface area contributed by atoms with Gasteiger partial charge in [0.2, 0.25) is 0 Å². The van der Waals surface area contributed by atoms with Gasteiger partial charge in [0.05, 0.1) is 0 Å². The van der Waals surface area contributed by atoms with Crippen molar-refractivity contribution in [1.29, 1.82) is 0 Å². The predicted molar refractivity (Wildman–Crippen MR) is 74.1 cm³/mol. The number of benzene rings is 3. The minimum Gasteiger partial charge on any atom is -0.0622 e. The molecule has 0 N–H and O–H groups in total. The van der Waals surface area contributed by atoms with E-state index < -0.39 is 0 Å².